The van der Waals surface area contributed by atoms with Crippen LogP contribution in [0, 0.1) is 0 Å². The Balaban J connectivity index is 2.40. The van der Waals surface area contributed by atoms with E-state index >= 15 is 0 Å². The van der Waals surface area contributed by atoms with Gasteiger partial charge in [0.05, 0.1) is 4.88 Å². The van der Waals surface area contributed by atoms with Gasteiger partial charge in [-0.25, -0.2) is 4.98 Å². The van der Waals surface area contributed by atoms with E-state index in [1.807, 2.05) is 17.5 Å². The van der Waals surface area contributed by atoms with Crippen LogP contribution >= 0.6 is 22.7 Å². The normalized spacial score (nSPS) is 11.0. The predicted octanol–water partition coefficient (Wildman–Crippen LogP) is 1.40. The van der Waals surface area contributed by atoms with Gasteiger partial charge in [-0.1, -0.05) is 6.07 Å². The van der Waals surface area contributed by atoms with Crippen LogP contribution in [-0.4, -0.2) is 15.2 Å². The summed E-state index contributed by atoms with van der Waals surface area (Å²) in [7, 11) is 0. The first-order valence-electron chi connectivity index (χ1n) is 4.41. The highest BCUT2D eigenvalue weighted by molar-refractivity contribution is 7.25. The van der Waals surface area contributed by atoms with Gasteiger partial charge in [0.25, 0.3) is 11.1 Å². The van der Waals surface area contributed by atoms with Gasteiger partial charge in [0.15, 0.2) is 5.52 Å². The number of H-pyrrole nitrogens is 2. The molecule has 3 aromatic heterocycles. The fourth-order valence-electron chi connectivity index (χ4n) is 1.36. The first-order valence-corrected chi connectivity index (χ1v) is 6.11. The molecule has 0 aliphatic heterocycles. The van der Waals surface area contributed by atoms with Gasteiger partial charge in [0.2, 0.25) is 0 Å². The van der Waals surface area contributed by atoms with Gasteiger partial charge >= 0.3 is 0 Å². The van der Waals surface area contributed by atoms with Crippen molar-refractivity contribution in [3.63, 3.8) is 0 Å². The van der Waals surface area contributed by atoms with E-state index in [1.165, 1.54) is 22.7 Å². The minimum atomic E-state index is -0.367. The largest absolute Gasteiger partial charge is 0.290 e. The fourth-order valence-corrected chi connectivity index (χ4v) is 3.12. The predicted molar refractivity (Wildman–Crippen MR) is 64.2 cm³/mol. The van der Waals surface area contributed by atoms with Crippen molar-refractivity contribution in [2.75, 3.05) is 0 Å². The van der Waals surface area contributed by atoms with E-state index in [0.717, 1.165) is 4.88 Å². The lowest BCUT2D eigenvalue weighted by molar-refractivity contribution is 0.975. The number of hydrogen-bond acceptors (Lipinski definition) is 5. The van der Waals surface area contributed by atoms with Crippen molar-refractivity contribution < 1.29 is 0 Å². The Morgan fingerprint density at radius 1 is 1.19 bits per heavy atom. The molecule has 7 heteroatoms. The minimum Gasteiger partial charge on any atom is -0.266 e. The van der Waals surface area contributed by atoms with Crippen molar-refractivity contribution in [2.24, 2.45) is 0 Å². The van der Waals surface area contributed by atoms with E-state index < -0.39 is 0 Å². The van der Waals surface area contributed by atoms with Crippen LogP contribution in [0.3, 0.4) is 0 Å². The molecule has 0 spiro atoms. The molecule has 3 aromatic rings. The van der Waals surface area contributed by atoms with Gasteiger partial charge in [-0.2, -0.15) is 0 Å². The van der Waals surface area contributed by atoms with E-state index in [4.69, 9.17) is 0 Å². The third-order valence-electron chi connectivity index (χ3n) is 2.07. The average molecular weight is 251 g/mol. The third-order valence-corrected chi connectivity index (χ3v) is 4.16. The lowest BCUT2D eigenvalue weighted by Gasteiger charge is -1.84. The number of hydrogen-bond donors (Lipinski definition) is 2. The summed E-state index contributed by atoms with van der Waals surface area (Å²) < 4.78 is 0.368. The number of thiophene rings is 1. The first kappa shape index (κ1) is 9.49. The number of aromatic amines is 2. The Morgan fingerprint density at radius 2 is 2.00 bits per heavy atom. The van der Waals surface area contributed by atoms with Gasteiger partial charge in [-0.3, -0.25) is 19.8 Å². The number of nitrogens with zero attached hydrogens (tertiary/aromatic N) is 1. The van der Waals surface area contributed by atoms with Crippen molar-refractivity contribution in [2.45, 2.75) is 0 Å². The summed E-state index contributed by atoms with van der Waals surface area (Å²) in [6.45, 7) is 0. The van der Waals surface area contributed by atoms with Crippen LogP contribution in [0.1, 0.15) is 0 Å². The molecule has 0 aliphatic carbocycles. The lowest BCUT2D eigenvalue weighted by Crippen LogP contribution is -2.17. The Labute approximate surface area is 96.4 Å². The summed E-state index contributed by atoms with van der Waals surface area (Å²) >= 11 is 2.76. The molecule has 0 radical (unpaired) electrons. The number of thiazole rings is 1. The number of rotatable bonds is 1. The van der Waals surface area contributed by atoms with E-state index in [2.05, 4.69) is 15.2 Å². The zero-order valence-corrected chi connectivity index (χ0v) is 9.45. The standard InChI is InChI=1S/C9H5N3O2S2/c13-7-5-6(8(14)12-11-7)16-9(10-5)4-2-1-3-15-4/h1-3H,(H,11,13)(H,12,14). The molecule has 80 valence electrons. The molecule has 5 nitrogen and oxygen atoms in total. The maximum Gasteiger partial charge on any atom is 0.290 e. The molecule has 0 saturated heterocycles. The molecule has 0 aromatic carbocycles. The molecule has 0 aliphatic rings. The molecular weight excluding hydrogens is 246 g/mol. The smallest absolute Gasteiger partial charge is 0.266 e. The average Bonchev–Trinajstić information content (AvgIpc) is 2.90. The van der Waals surface area contributed by atoms with Crippen molar-refractivity contribution in [3.05, 3.63) is 38.2 Å². The summed E-state index contributed by atoms with van der Waals surface area (Å²) in [6.07, 6.45) is 0. The fraction of sp³-hybridized carbons (Fsp3) is 0. The number of nitrogens with one attached hydrogen (secondary N) is 2. The second kappa shape index (κ2) is 3.39. The second-order valence-electron chi connectivity index (χ2n) is 3.08. The van der Waals surface area contributed by atoms with Crippen LogP contribution in [0.4, 0.5) is 0 Å². The number of aromatic nitrogens is 3. The molecular formula is C9H5N3O2S2. The molecule has 2 N–H and O–H groups in total. The summed E-state index contributed by atoms with van der Waals surface area (Å²) in [5.41, 5.74) is -0.472. The van der Waals surface area contributed by atoms with Crippen molar-refractivity contribution >= 4 is 32.9 Å². The van der Waals surface area contributed by atoms with Crippen molar-refractivity contribution in [3.8, 4) is 9.88 Å². The quantitative estimate of drug-likeness (QED) is 0.686. The van der Waals surface area contributed by atoms with Gasteiger partial charge in [0.1, 0.15) is 9.71 Å². The van der Waals surface area contributed by atoms with Crippen LogP contribution in [0.5, 0.6) is 0 Å². The van der Waals surface area contributed by atoms with Gasteiger partial charge in [-0.15, -0.1) is 22.7 Å². The maximum atomic E-state index is 11.5. The summed E-state index contributed by atoms with van der Waals surface area (Å²) in [6, 6.07) is 3.81. The molecule has 0 atom stereocenters. The van der Waals surface area contributed by atoms with Crippen LogP contribution in [0.25, 0.3) is 20.1 Å². The Morgan fingerprint density at radius 3 is 2.69 bits per heavy atom. The van der Waals surface area contributed by atoms with Crippen molar-refractivity contribution in [1.29, 1.82) is 0 Å². The molecule has 16 heavy (non-hydrogen) atoms. The Kier molecular flexibility index (Phi) is 2.01. The maximum absolute atomic E-state index is 11.5. The van der Waals surface area contributed by atoms with Crippen LogP contribution < -0.4 is 11.1 Å². The number of fused-ring (bicyclic) bond motifs is 1. The molecule has 0 saturated carbocycles. The summed E-state index contributed by atoms with van der Waals surface area (Å²) in [5, 5.41) is 7.17. The highest BCUT2D eigenvalue weighted by Gasteiger charge is 2.12. The van der Waals surface area contributed by atoms with Gasteiger partial charge in [0, 0.05) is 0 Å². The van der Waals surface area contributed by atoms with E-state index in [9.17, 15) is 9.59 Å². The summed E-state index contributed by atoms with van der Waals surface area (Å²) in [4.78, 5) is 28.0. The highest BCUT2D eigenvalue weighted by atomic mass is 32.1. The van der Waals surface area contributed by atoms with Gasteiger partial charge in [-0.05, 0) is 11.4 Å². The van der Waals surface area contributed by atoms with E-state index in [1.54, 1.807) is 0 Å². The van der Waals surface area contributed by atoms with Crippen molar-refractivity contribution in [1.82, 2.24) is 15.2 Å². The molecule has 0 fully saturated rings. The monoisotopic (exact) mass is 251 g/mol. The highest BCUT2D eigenvalue weighted by Crippen LogP contribution is 2.29. The molecule has 3 rings (SSSR count). The van der Waals surface area contributed by atoms with Crippen LogP contribution in [0.15, 0.2) is 27.1 Å². The topological polar surface area (TPSA) is 78.6 Å². The summed E-state index contributed by atoms with van der Waals surface area (Å²) in [5.74, 6) is 0. The molecule has 0 bridgehead atoms. The third kappa shape index (κ3) is 1.33. The second-order valence-corrected chi connectivity index (χ2v) is 5.03. The van der Waals surface area contributed by atoms with E-state index in [-0.39, 0.29) is 16.6 Å². The Hall–Kier alpha value is -1.73. The zero-order valence-electron chi connectivity index (χ0n) is 7.81. The van der Waals surface area contributed by atoms with E-state index in [0.29, 0.717) is 9.71 Å². The van der Waals surface area contributed by atoms with Gasteiger partial charge < -0.3 is 0 Å². The molecule has 3 heterocycles. The lowest BCUT2D eigenvalue weighted by atomic mass is 10.5. The minimum absolute atomic E-state index is 0.206. The first-order chi connectivity index (χ1) is 7.75. The molecule has 0 unspecified atom stereocenters. The SMILES string of the molecule is O=c1[nH][nH]c(=O)c2sc(-c3cccs3)nc12. The zero-order chi connectivity index (χ0) is 11.1. The Bertz CT molecular complexity index is 704. The van der Waals surface area contributed by atoms with Crippen LogP contribution in [-0.2, 0) is 0 Å². The van der Waals surface area contributed by atoms with Crippen LogP contribution in [0.2, 0.25) is 0 Å². The molecule has 0 amide bonds.